The Kier molecular flexibility index (Phi) is 1.84. The second-order valence-corrected chi connectivity index (χ2v) is 3.45. The normalized spacial score (nSPS) is 29.5. The van der Waals surface area contributed by atoms with Crippen molar-refractivity contribution in [1.29, 1.82) is 0 Å². The summed E-state index contributed by atoms with van der Waals surface area (Å²) < 4.78 is 1.79. The Bertz CT molecular complexity index is 271. The fraction of sp³-hybridized carbons (Fsp3) is 0.750. The first-order chi connectivity index (χ1) is 5.77. The quantitative estimate of drug-likeness (QED) is 0.660. The highest BCUT2D eigenvalue weighted by atomic mass is 16.3. The number of rotatable bonds is 1. The topological polar surface area (TPSA) is 50.9 Å². The first-order valence-corrected chi connectivity index (χ1v) is 4.30. The monoisotopic (exact) mass is 167 g/mol. The lowest BCUT2D eigenvalue weighted by Gasteiger charge is -2.07. The van der Waals surface area contributed by atoms with Crippen LogP contribution in [0.2, 0.25) is 0 Å². The summed E-state index contributed by atoms with van der Waals surface area (Å²) in [5, 5.41) is 17.0. The number of aromatic nitrogens is 3. The predicted octanol–water partition coefficient (Wildman–Crippen LogP) is 0.443. The molecule has 2 unspecified atom stereocenters. The number of aryl methyl sites for hydroxylation is 1. The summed E-state index contributed by atoms with van der Waals surface area (Å²) in [4.78, 5) is 0. The molecule has 12 heavy (non-hydrogen) atoms. The average Bonchev–Trinajstić information content (AvgIpc) is 2.58. The summed E-state index contributed by atoms with van der Waals surface area (Å²) in [5.74, 6) is 0.458. The van der Waals surface area contributed by atoms with Gasteiger partial charge in [-0.05, 0) is 19.3 Å². The van der Waals surface area contributed by atoms with Crippen molar-refractivity contribution in [3.63, 3.8) is 0 Å². The van der Waals surface area contributed by atoms with Crippen LogP contribution < -0.4 is 0 Å². The molecule has 1 fully saturated rings. The number of hydrogen-bond donors (Lipinski definition) is 1. The van der Waals surface area contributed by atoms with E-state index in [4.69, 9.17) is 0 Å². The third kappa shape index (κ3) is 1.22. The highest BCUT2D eigenvalue weighted by Gasteiger charge is 2.26. The largest absolute Gasteiger partial charge is 0.393 e. The zero-order valence-corrected chi connectivity index (χ0v) is 7.14. The smallest absolute Gasteiger partial charge is 0.0727 e. The molecule has 1 aliphatic rings. The number of aliphatic hydroxyl groups excluding tert-OH is 1. The summed E-state index contributed by atoms with van der Waals surface area (Å²) in [5.41, 5.74) is 1.14. The van der Waals surface area contributed by atoms with E-state index in [1.54, 1.807) is 10.9 Å². The van der Waals surface area contributed by atoms with Gasteiger partial charge in [-0.1, -0.05) is 5.21 Å². The molecule has 1 N–H and O–H groups in total. The second-order valence-electron chi connectivity index (χ2n) is 3.45. The highest BCUT2D eigenvalue weighted by molar-refractivity contribution is 5.05. The van der Waals surface area contributed by atoms with Gasteiger partial charge in [0.15, 0.2) is 0 Å². The van der Waals surface area contributed by atoms with Gasteiger partial charge in [0, 0.05) is 13.0 Å². The first kappa shape index (κ1) is 7.73. The summed E-state index contributed by atoms with van der Waals surface area (Å²) in [6.45, 7) is 0. The van der Waals surface area contributed by atoms with Crippen molar-refractivity contribution >= 4 is 0 Å². The molecule has 1 aromatic rings. The third-order valence-corrected chi connectivity index (χ3v) is 2.57. The zero-order chi connectivity index (χ0) is 8.55. The number of aliphatic hydroxyl groups is 1. The molecule has 2 atom stereocenters. The standard InChI is InChI=1S/C8H13N3O/c1-11-8(5-9-10-11)6-2-3-7(12)4-6/h5-7,12H,2-4H2,1H3. The van der Waals surface area contributed by atoms with Gasteiger partial charge in [-0.3, -0.25) is 4.68 Å². The highest BCUT2D eigenvalue weighted by Crippen LogP contribution is 2.33. The van der Waals surface area contributed by atoms with Crippen LogP contribution in [0, 0.1) is 0 Å². The van der Waals surface area contributed by atoms with Crippen LogP contribution in [0.3, 0.4) is 0 Å². The van der Waals surface area contributed by atoms with Crippen molar-refractivity contribution in [2.24, 2.45) is 7.05 Å². The molecule has 1 heterocycles. The van der Waals surface area contributed by atoms with Gasteiger partial charge in [-0.2, -0.15) is 0 Å². The molecule has 0 amide bonds. The van der Waals surface area contributed by atoms with Gasteiger partial charge in [0.1, 0.15) is 0 Å². The minimum Gasteiger partial charge on any atom is -0.393 e. The van der Waals surface area contributed by atoms with Gasteiger partial charge in [-0.15, -0.1) is 5.10 Å². The fourth-order valence-corrected chi connectivity index (χ4v) is 1.89. The molecule has 66 valence electrons. The molecular weight excluding hydrogens is 154 g/mol. The van der Waals surface area contributed by atoms with Crippen LogP contribution in [0.4, 0.5) is 0 Å². The van der Waals surface area contributed by atoms with Crippen molar-refractivity contribution < 1.29 is 5.11 Å². The predicted molar refractivity (Wildman–Crippen MR) is 43.6 cm³/mol. The van der Waals surface area contributed by atoms with Gasteiger partial charge < -0.3 is 5.11 Å². The van der Waals surface area contributed by atoms with Crippen molar-refractivity contribution in [3.8, 4) is 0 Å². The van der Waals surface area contributed by atoms with E-state index in [1.807, 2.05) is 7.05 Å². The molecule has 1 aromatic heterocycles. The van der Waals surface area contributed by atoms with Crippen molar-refractivity contribution in [1.82, 2.24) is 15.0 Å². The molecule has 0 aliphatic heterocycles. The van der Waals surface area contributed by atoms with E-state index in [2.05, 4.69) is 10.3 Å². The zero-order valence-electron chi connectivity index (χ0n) is 7.14. The maximum Gasteiger partial charge on any atom is 0.0727 e. The van der Waals surface area contributed by atoms with Gasteiger partial charge in [0.25, 0.3) is 0 Å². The van der Waals surface area contributed by atoms with Gasteiger partial charge >= 0.3 is 0 Å². The Hall–Kier alpha value is -0.900. The minimum atomic E-state index is -0.120. The summed E-state index contributed by atoms with van der Waals surface area (Å²) in [6.07, 6.45) is 4.51. The third-order valence-electron chi connectivity index (χ3n) is 2.57. The molecule has 0 aromatic carbocycles. The Labute approximate surface area is 71.2 Å². The van der Waals surface area contributed by atoms with Crippen molar-refractivity contribution in [3.05, 3.63) is 11.9 Å². The molecule has 0 saturated heterocycles. The molecule has 4 heteroatoms. The molecule has 4 nitrogen and oxygen atoms in total. The average molecular weight is 167 g/mol. The Balaban J connectivity index is 2.16. The number of nitrogens with zero attached hydrogens (tertiary/aromatic N) is 3. The summed E-state index contributed by atoms with van der Waals surface area (Å²) >= 11 is 0. The van der Waals surface area contributed by atoms with Crippen LogP contribution in [-0.4, -0.2) is 26.2 Å². The van der Waals surface area contributed by atoms with Crippen LogP contribution in [0.15, 0.2) is 6.20 Å². The number of hydrogen-bond acceptors (Lipinski definition) is 3. The van der Waals surface area contributed by atoms with Crippen LogP contribution in [-0.2, 0) is 7.05 Å². The van der Waals surface area contributed by atoms with Crippen LogP contribution in [0.1, 0.15) is 30.9 Å². The first-order valence-electron chi connectivity index (χ1n) is 4.30. The maximum atomic E-state index is 9.34. The summed E-state index contributed by atoms with van der Waals surface area (Å²) in [6, 6.07) is 0. The fourth-order valence-electron chi connectivity index (χ4n) is 1.89. The van der Waals surface area contributed by atoms with E-state index in [0.717, 1.165) is 25.0 Å². The molecule has 0 radical (unpaired) electrons. The lowest BCUT2D eigenvalue weighted by molar-refractivity contribution is 0.181. The van der Waals surface area contributed by atoms with E-state index in [9.17, 15) is 5.11 Å². The Morgan fingerprint density at radius 1 is 1.58 bits per heavy atom. The van der Waals surface area contributed by atoms with E-state index in [1.165, 1.54) is 0 Å². The molecular formula is C8H13N3O. The van der Waals surface area contributed by atoms with E-state index in [-0.39, 0.29) is 6.10 Å². The van der Waals surface area contributed by atoms with Gasteiger partial charge in [0.05, 0.1) is 18.0 Å². The van der Waals surface area contributed by atoms with Crippen LogP contribution in [0.5, 0.6) is 0 Å². The second kappa shape index (κ2) is 2.86. The van der Waals surface area contributed by atoms with Gasteiger partial charge in [0.2, 0.25) is 0 Å². The molecule has 0 spiro atoms. The molecule has 1 saturated carbocycles. The minimum absolute atomic E-state index is 0.120. The SMILES string of the molecule is Cn1nncc1C1CCC(O)C1. The van der Waals surface area contributed by atoms with Crippen molar-refractivity contribution in [2.45, 2.75) is 31.3 Å². The lowest BCUT2D eigenvalue weighted by Crippen LogP contribution is -2.04. The lowest BCUT2D eigenvalue weighted by atomic mass is 10.1. The molecule has 2 rings (SSSR count). The maximum absolute atomic E-state index is 9.34. The van der Waals surface area contributed by atoms with E-state index >= 15 is 0 Å². The van der Waals surface area contributed by atoms with E-state index in [0.29, 0.717) is 5.92 Å². The van der Waals surface area contributed by atoms with Crippen LogP contribution >= 0.6 is 0 Å². The Morgan fingerprint density at radius 2 is 2.42 bits per heavy atom. The molecule has 1 aliphatic carbocycles. The van der Waals surface area contributed by atoms with E-state index < -0.39 is 0 Å². The summed E-state index contributed by atoms with van der Waals surface area (Å²) in [7, 11) is 1.90. The van der Waals surface area contributed by atoms with Crippen molar-refractivity contribution in [2.75, 3.05) is 0 Å². The van der Waals surface area contributed by atoms with Gasteiger partial charge in [-0.25, -0.2) is 0 Å². The Morgan fingerprint density at radius 3 is 2.92 bits per heavy atom. The van der Waals surface area contributed by atoms with Crippen LogP contribution in [0.25, 0.3) is 0 Å². The molecule has 0 bridgehead atoms.